The summed E-state index contributed by atoms with van der Waals surface area (Å²) >= 11 is 5.08. The summed E-state index contributed by atoms with van der Waals surface area (Å²) in [5.41, 5.74) is -0.954. The Bertz CT molecular complexity index is 6700. The van der Waals surface area contributed by atoms with Crippen LogP contribution in [0.1, 0.15) is 149 Å². The third-order valence-corrected chi connectivity index (χ3v) is 23.8. The lowest BCUT2D eigenvalue weighted by Gasteiger charge is -2.20. The van der Waals surface area contributed by atoms with E-state index in [1.165, 1.54) is 74.3 Å². The molecule has 0 atom stereocenters. The van der Waals surface area contributed by atoms with Crippen molar-refractivity contribution in [1.82, 2.24) is 53.6 Å². The Labute approximate surface area is 884 Å². The van der Waals surface area contributed by atoms with Gasteiger partial charge in [0.25, 0.3) is 20.2 Å². The number of aromatic nitrogens is 6. The smallest absolute Gasteiger partial charge is 0.508 e. The zero-order chi connectivity index (χ0) is 115. The number of nitrogens with two attached hydrogens (primary N) is 3. The SMILES string of the molecule is CC(C)(C)OC(=O)OC(=O)OC(C)(C)C.CCOC(C)=N.CCOC(C)=NC(=O)c1cc(S(=O)(=O)NC)ccc1F.CN.CNS(=O)(=O)c1ccc(F)c(-c2n[nH]c(C)n2)c1.CNS(=O)(=O)c1ccc(F)c(-c2nc(C)nn2C(=O)OC(C)(C)C)c1.CNS(=O)(=O)c1ccc(F)c(C(=O)Cl)c1.CNS(=O)(=O)c1ccc(F)c(C(=O)O)c1.Cl.Cl.NN.O=C(O)c1cc(S(=O)(=O)Cl)ccc1F.O=S(Cl)Cl.Oc1cccc(C(F)(F)F)c1. The minimum absolute atomic E-state index is 0. The van der Waals surface area contributed by atoms with Crippen LogP contribution >= 0.6 is 68.5 Å². The van der Waals surface area contributed by atoms with Crippen molar-refractivity contribution in [2.45, 2.75) is 156 Å². The molecule has 0 unspecified atom stereocenters. The Balaban J connectivity index is -0.000000524. The number of aromatic carboxylic acids is 2. The van der Waals surface area contributed by atoms with Gasteiger partial charge in [-0.1, -0.05) is 6.07 Å². The molecule has 0 saturated carbocycles. The van der Waals surface area contributed by atoms with Crippen LogP contribution < -0.4 is 41.0 Å². The molecule has 45 nitrogen and oxygen atoms in total. The average Bonchev–Trinajstić information content (AvgIpc) is 1.65. The van der Waals surface area contributed by atoms with Crippen molar-refractivity contribution >= 4 is 190 Å². The number of aryl methyl sites for hydroxylation is 2. The minimum Gasteiger partial charge on any atom is -0.508 e. The van der Waals surface area contributed by atoms with E-state index in [1.54, 1.807) is 83.1 Å². The number of hydrogen-bond donors (Lipinski definition) is 13. The van der Waals surface area contributed by atoms with Crippen LogP contribution in [-0.4, -0.2) is 226 Å². The number of carboxylic acid groups (broad SMARTS) is 2. The second kappa shape index (κ2) is 66.4. The van der Waals surface area contributed by atoms with Crippen LogP contribution in [-0.2, 0) is 103 Å². The van der Waals surface area contributed by atoms with Crippen LogP contribution in [0.3, 0.4) is 0 Å². The molecule has 16 N–H and O–H groups in total. The number of H-pyrrole nitrogens is 1. The predicted molar refractivity (Wildman–Crippen MR) is 536 cm³/mol. The molecule has 0 spiro atoms. The number of carbonyl (C=O) groups is 7. The van der Waals surface area contributed by atoms with Gasteiger partial charge in [0.2, 0.25) is 59.3 Å². The van der Waals surface area contributed by atoms with Crippen LogP contribution in [0, 0.1) is 54.2 Å². The van der Waals surface area contributed by atoms with Gasteiger partial charge >= 0.3 is 36.5 Å². The molecule has 1 amide bonds. The number of carboxylic acids is 2. The number of alkyl halides is 3. The number of aromatic amines is 1. The Kier molecular flexibility index (Phi) is 65.1. The number of nitrogens with zero attached hydrogens (tertiary/aromatic N) is 6. The van der Waals surface area contributed by atoms with E-state index in [9.17, 15) is 124 Å². The maximum absolute atomic E-state index is 14.3. The molecule has 0 radical (unpaired) electrons. The normalized spacial score (nSPS) is 11.1. The highest BCUT2D eigenvalue weighted by atomic mass is 36.0. The van der Waals surface area contributed by atoms with Crippen molar-refractivity contribution < 1.29 is 172 Å². The number of ether oxygens (including phenoxy) is 6. The summed E-state index contributed by atoms with van der Waals surface area (Å²) in [6.07, 6.45) is -7.34. The van der Waals surface area contributed by atoms with Gasteiger partial charge < -0.3 is 49.5 Å². The first-order valence-electron chi connectivity index (χ1n) is 40.0. The number of aliphatic imine (C=N–C) groups is 1. The van der Waals surface area contributed by atoms with Gasteiger partial charge in [-0.25, -0.2) is 139 Å². The van der Waals surface area contributed by atoms with E-state index in [2.05, 4.69) is 92.7 Å². The standard InChI is InChI=1S/C15H19FN4O4S.C12H15FN2O4S.C10H11FN4O2S.C10H18O5.C8H7ClFNO3S.C8H8FNO4S.C7H4ClFO4S.C7H5F3O.C4H9NO.CH5N.Cl2OS.2ClH.H4N2/c1-9-18-13(20(19-9)14(21)24-15(2,3)4)11-8-10(6-7-12(11)16)25(22,23)17-5;1-4-19-8(2)15-12(16)10-7-9(5-6-11(10)13)20(17,18)14-3;1-6-13-10(15-14-6)8-5-7(3-4-9(8)11)18(16,17)12-2;1-9(2,3)14-7(11)13-8(12)15-10(4,5)6;1-11-15(13,14)5-2-3-7(10)6(4-5)8(9)12;1-10-15(13,14)5-2-3-7(9)6(4-5)8(11)12;8-14(12,13)4-1-2-6(9)5(3-4)7(10)11;8-7(9,10)5-2-1-3-6(11)4-5;1-3-6-4(2)5;1-2;1-4(2)3;;;1-2/h6-8,17H,1-5H3;5-7,14H,4H2,1-3H3;3-5,12H,1-2H3,(H,13,14,15);1-6H3;2-4,11H,1H3;2-4,10H,1H3,(H,11,12);1-3H,(H,10,11);1-4,11H;5H,3H2,1-2H3;2H2,1H3;;2*1H;1-2H2. The monoisotopic (exact) mass is 2380 g/mol. The number of phenolic OH excluding ortho intramolecular Hbond substituents is 1. The van der Waals surface area contributed by atoms with E-state index < -0.39 is 200 Å². The van der Waals surface area contributed by atoms with Crippen LogP contribution in [0.2, 0.25) is 0 Å². The summed E-state index contributed by atoms with van der Waals surface area (Å²) in [6, 6.07) is 21.1. The summed E-state index contributed by atoms with van der Waals surface area (Å²) in [7, 11) is -2.71. The highest BCUT2D eigenvalue weighted by Gasteiger charge is 2.32. The molecule has 0 saturated heterocycles. The second-order valence-electron chi connectivity index (χ2n) is 29.5. The van der Waals surface area contributed by atoms with E-state index in [4.69, 9.17) is 66.2 Å². The lowest BCUT2D eigenvalue weighted by atomic mass is 10.2. The number of amides is 1. The zero-order valence-electron chi connectivity index (χ0n) is 82.1. The molecule has 9 rings (SSSR count). The molecule has 2 heterocycles. The van der Waals surface area contributed by atoms with Gasteiger partial charge in [0.05, 0.1) is 81.5 Å². The number of hydrazine groups is 1. The number of hydrogen-bond acceptors (Lipinski definition) is 35. The molecule has 149 heavy (non-hydrogen) atoms. The lowest BCUT2D eigenvalue weighted by molar-refractivity contribution is -0.137. The molecule has 836 valence electrons. The number of nitrogens with one attached hydrogen (secondary N) is 7. The number of aromatic hydroxyl groups is 1. The lowest BCUT2D eigenvalue weighted by Crippen LogP contribution is -2.29. The largest absolute Gasteiger partial charge is 0.519 e. The maximum atomic E-state index is 14.3. The zero-order valence-corrected chi connectivity index (χ0v) is 92.4. The van der Waals surface area contributed by atoms with E-state index in [0.717, 1.165) is 108 Å². The first kappa shape index (κ1) is 146. The van der Waals surface area contributed by atoms with Gasteiger partial charge in [0.1, 0.15) is 69.1 Å². The van der Waals surface area contributed by atoms with Gasteiger partial charge in [0.15, 0.2) is 23.4 Å². The fourth-order valence-corrected chi connectivity index (χ4v) is 13.7. The van der Waals surface area contributed by atoms with Gasteiger partial charge in [-0.15, -0.1) is 34.6 Å². The Morgan fingerprint density at radius 1 is 0.503 bits per heavy atom. The number of sulfonamides is 5. The molecule has 9 aromatic rings. The molecule has 0 bridgehead atoms. The molecule has 0 fully saturated rings. The summed E-state index contributed by atoms with van der Waals surface area (Å²) in [6.45, 7) is 25.8. The van der Waals surface area contributed by atoms with Crippen LogP contribution in [0.5, 0.6) is 5.75 Å². The fraction of sp³-hybridized carbons (Fsp3) is 0.329. The van der Waals surface area contributed by atoms with Crippen molar-refractivity contribution in [3.8, 4) is 28.5 Å². The van der Waals surface area contributed by atoms with Crippen LogP contribution in [0.15, 0.2) is 168 Å². The molecule has 0 aliphatic rings. The third-order valence-electron chi connectivity index (χ3n) is 15.2. The van der Waals surface area contributed by atoms with Gasteiger partial charge in [0, 0.05) is 45.9 Å². The summed E-state index contributed by atoms with van der Waals surface area (Å²) in [5.74, 6) is -0.273. The fourth-order valence-electron chi connectivity index (χ4n) is 9.03. The Morgan fingerprint density at radius 3 is 1.13 bits per heavy atom. The van der Waals surface area contributed by atoms with Gasteiger partial charge in [-0.3, -0.25) is 31.8 Å². The van der Waals surface area contributed by atoms with Gasteiger partial charge in [-0.2, -0.15) is 23.3 Å². The molecule has 2 aromatic heterocycles. The third kappa shape index (κ3) is 55.3. The minimum atomic E-state index is -4.38. The molecule has 0 aliphatic carbocycles. The Hall–Kier alpha value is -11.3. The van der Waals surface area contributed by atoms with E-state index >= 15 is 0 Å². The molecule has 0 aliphatic heterocycles. The molecular formula is C82H107Cl6F9N16O29S7. The number of phenols is 1. The predicted octanol–water partition coefficient (Wildman–Crippen LogP) is 13.8. The van der Waals surface area contributed by atoms with Gasteiger partial charge in [-0.05, 0) is 271 Å². The molecule has 67 heteroatoms. The highest BCUT2D eigenvalue weighted by molar-refractivity contribution is 8.26. The Morgan fingerprint density at radius 2 is 0.826 bits per heavy atom. The van der Waals surface area contributed by atoms with Crippen molar-refractivity contribution in [3.63, 3.8) is 0 Å². The topological polar surface area (TPSA) is 704 Å². The summed E-state index contributed by atoms with van der Waals surface area (Å²) in [5, 5.41) is 41.7. The molecular weight excluding hydrogens is 2280 g/mol. The number of carbonyl (C=O) groups excluding carboxylic acids is 5. The highest BCUT2D eigenvalue weighted by Crippen LogP contribution is 2.32. The first-order valence-corrected chi connectivity index (χ1v) is 52.9. The van der Waals surface area contributed by atoms with Crippen molar-refractivity contribution in [1.29, 1.82) is 5.41 Å². The molecule has 7 aromatic carbocycles. The number of benzene rings is 7. The average molecular weight is 2390 g/mol. The maximum Gasteiger partial charge on any atom is 0.519 e. The van der Waals surface area contributed by atoms with Crippen molar-refractivity contribution in [3.05, 3.63) is 208 Å². The van der Waals surface area contributed by atoms with E-state index in [1.807, 2.05) is 16.4 Å². The van der Waals surface area contributed by atoms with Crippen molar-refractivity contribution in [2.24, 2.45) is 22.4 Å². The number of rotatable bonds is 19. The first-order chi connectivity index (χ1) is 67.3. The van der Waals surface area contributed by atoms with Crippen LogP contribution in [0.25, 0.3) is 22.8 Å². The second-order valence-corrected chi connectivity index (χ2v) is 44.3. The quantitative estimate of drug-likeness (QED) is 0.00411. The summed E-state index contributed by atoms with van der Waals surface area (Å²) < 4.78 is 302. The van der Waals surface area contributed by atoms with E-state index in [-0.39, 0.29) is 95.4 Å². The summed E-state index contributed by atoms with van der Waals surface area (Å²) in [4.78, 5) is 88.0. The van der Waals surface area contributed by atoms with Crippen molar-refractivity contribution in [2.75, 3.05) is 55.5 Å². The van der Waals surface area contributed by atoms with Crippen LogP contribution in [0.4, 0.5) is 53.9 Å². The number of halogens is 15. The van der Waals surface area contributed by atoms with E-state index in [0.29, 0.717) is 31.2 Å².